The molecule has 0 saturated heterocycles. The van der Waals surface area contributed by atoms with Gasteiger partial charge in [-0.05, 0) is 24.1 Å². The monoisotopic (exact) mass is 296 g/mol. The molecular weight excluding hydrogens is 283 g/mol. The molecule has 0 bridgehead atoms. The van der Waals surface area contributed by atoms with E-state index in [1.54, 1.807) is 13.2 Å². The minimum absolute atomic E-state index is 0.183. The maximum Gasteiger partial charge on any atom is 0.216 e. The van der Waals surface area contributed by atoms with Gasteiger partial charge in [0.05, 0.1) is 12.5 Å². The molecule has 2 rings (SSSR count). The number of methoxy groups -OCH3 is 1. The zero-order valence-corrected chi connectivity index (χ0v) is 12.2. The molecule has 0 fully saturated rings. The first-order valence-corrected chi connectivity index (χ1v) is 6.66. The van der Waals surface area contributed by atoms with Crippen molar-refractivity contribution >= 4 is 23.2 Å². The smallest absolute Gasteiger partial charge is 0.216 e. The summed E-state index contributed by atoms with van der Waals surface area (Å²) < 4.78 is 5.06. The summed E-state index contributed by atoms with van der Waals surface area (Å²) in [4.78, 5) is 8.15. The molecule has 3 nitrogen and oxygen atoms in total. The van der Waals surface area contributed by atoms with Crippen LogP contribution >= 0.6 is 23.2 Å². The number of alkyl halides is 1. The SMILES string of the molecule is COc1cc(CC(Cl)c2ccc(C)c(Cl)c2)ncn1. The summed E-state index contributed by atoms with van der Waals surface area (Å²) in [7, 11) is 1.57. The largest absolute Gasteiger partial charge is 0.481 e. The van der Waals surface area contributed by atoms with Crippen molar-refractivity contribution in [2.24, 2.45) is 0 Å². The van der Waals surface area contributed by atoms with Gasteiger partial charge < -0.3 is 4.74 Å². The number of nitrogens with zero attached hydrogens (tertiary/aromatic N) is 2. The van der Waals surface area contributed by atoms with Crippen LogP contribution in [0.15, 0.2) is 30.6 Å². The van der Waals surface area contributed by atoms with Crippen LogP contribution in [0.25, 0.3) is 0 Å². The lowest BCUT2D eigenvalue weighted by atomic mass is 10.1. The Morgan fingerprint density at radius 1 is 1.26 bits per heavy atom. The van der Waals surface area contributed by atoms with Gasteiger partial charge in [0, 0.05) is 23.2 Å². The predicted octanol–water partition coefficient (Wildman–Crippen LogP) is 3.97. The first-order valence-electron chi connectivity index (χ1n) is 5.85. The van der Waals surface area contributed by atoms with Crippen molar-refractivity contribution < 1.29 is 4.74 Å². The lowest BCUT2D eigenvalue weighted by Crippen LogP contribution is -2.00. The van der Waals surface area contributed by atoms with Gasteiger partial charge in [-0.3, -0.25) is 0 Å². The van der Waals surface area contributed by atoms with Gasteiger partial charge in [-0.25, -0.2) is 9.97 Å². The fourth-order valence-electron chi connectivity index (χ4n) is 1.71. The molecule has 1 heterocycles. The summed E-state index contributed by atoms with van der Waals surface area (Å²) in [6.45, 7) is 1.96. The molecule has 0 amide bonds. The second-order valence-electron chi connectivity index (χ2n) is 4.23. The van der Waals surface area contributed by atoms with Crippen molar-refractivity contribution in [2.45, 2.75) is 18.7 Å². The molecule has 0 aliphatic heterocycles. The highest BCUT2D eigenvalue weighted by atomic mass is 35.5. The predicted molar refractivity (Wildman–Crippen MR) is 77.1 cm³/mol. The van der Waals surface area contributed by atoms with Gasteiger partial charge in [0.15, 0.2) is 0 Å². The van der Waals surface area contributed by atoms with E-state index in [1.807, 2.05) is 25.1 Å². The van der Waals surface area contributed by atoms with Crippen LogP contribution in [0, 0.1) is 6.92 Å². The van der Waals surface area contributed by atoms with Gasteiger partial charge in [0.1, 0.15) is 6.33 Å². The van der Waals surface area contributed by atoms with E-state index in [4.69, 9.17) is 27.9 Å². The quantitative estimate of drug-likeness (QED) is 0.801. The molecule has 0 saturated carbocycles. The van der Waals surface area contributed by atoms with Gasteiger partial charge in [0.25, 0.3) is 0 Å². The number of ether oxygens (including phenoxy) is 1. The Morgan fingerprint density at radius 3 is 2.74 bits per heavy atom. The summed E-state index contributed by atoms with van der Waals surface area (Å²) in [5.74, 6) is 0.538. The minimum Gasteiger partial charge on any atom is -0.481 e. The van der Waals surface area contributed by atoms with Crippen LogP contribution < -0.4 is 4.74 Å². The highest BCUT2D eigenvalue weighted by Crippen LogP contribution is 2.28. The Morgan fingerprint density at radius 2 is 2.05 bits per heavy atom. The summed E-state index contributed by atoms with van der Waals surface area (Å²) in [6, 6.07) is 7.63. The summed E-state index contributed by atoms with van der Waals surface area (Å²) in [5, 5.41) is 0.543. The maximum atomic E-state index is 6.40. The molecule has 1 aromatic carbocycles. The number of aryl methyl sites for hydroxylation is 1. The van der Waals surface area contributed by atoms with Crippen molar-refractivity contribution in [3.63, 3.8) is 0 Å². The van der Waals surface area contributed by atoms with Crippen LogP contribution in [-0.2, 0) is 6.42 Å². The zero-order valence-electron chi connectivity index (χ0n) is 10.7. The fourth-order valence-corrected chi connectivity index (χ4v) is 2.19. The first-order chi connectivity index (χ1) is 9.10. The van der Waals surface area contributed by atoms with E-state index in [0.29, 0.717) is 12.3 Å². The highest BCUT2D eigenvalue weighted by Gasteiger charge is 2.12. The van der Waals surface area contributed by atoms with Crippen molar-refractivity contribution in [3.8, 4) is 5.88 Å². The van der Waals surface area contributed by atoms with Gasteiger partial charge in [-0.2, -0.15) is 0 Å². The zero-order chi connectivity index (χ0) is 13.8. The summed E-state index contributed by atoms with van der Waals surface area (Å²) >= 11 is 12.5. The van der Waals surface area contributed by atoms with E-state index in [0.717, 1.165) is 21.8 Å². The summed E-state index contributed by atoms with van der Waals surface area (Å²) in [6.07, 6.45) is 2.07. The molecule has 0 aliphatic carbocycles. The van der Waals surface area contributed by atoms with E-state index < -0.39 is 0 Å². The van der Waals surface area contributed by atoms with E-state index in [1.165, 1.54) is 6.33 Å². The van der Waals surface area contributed by atoms with Gasteiger partial charge in [0.2, 0.25) is 5.88 Å². The molecule has 2 aromatic rings. The number of hydrogen-bond acceptors (Lipinski definition) is 3. The minimum atomic E-state index is -0.183. The van der Waals surface area contributed by atoms with Crippen LogP contribution in [0.1, 0.15) is 22.2 Å². The van der Waals surface area contributed by atoms with E-state index >= 15 is 0 Å². The lowest BCUT2D eigenvalue weighted by Gasteiger charge is -2.11. The van der Waals surface area contributed by atoms with Crippen molar-refractivity contribution in [1.82, 2.24) is 9.97 Å². The average Bonchev–Trinajstić information content (AvgIpc) is 2.42. The van der Waals surface area contributed by atoms with Crippen LogP contribution in [-0.4, -0.2) is 17.1 Å². The van der Waals surface area contributed by atoms with Crippen molar-refractivity contribution in [3.05, 3.63) is 52.4 Å². The average molecular weight is 297 g/mol. The third-order valence-electron chi connectivity index (χ3n) is 2.85. The molecule has 1 atom stereocenters. The third-order valence-corrected chi connectivity index (χ3v) is 3.67. The number of aromatic nitrogens is 2. The van der Waals surface area contributed by atoms with Crippen molar-refractivity contribution in [2.75, 3.05) is 7.11 Å². The number of halogens is 2. The summed E-state index contributed by atoms with van der Waals surface area (Å²) in [5.41, 5.74) is 2.86. The second kappa shape index (κ2) is 6.22. The fraction of sp³-hybridized carbons (Fsp3) is 0.286. The Kier molecular flexibility index (Phi) is 4.61. The Labute approximate surface area is 122 Å². The van der Waals surface area contributed by atoms with E-state index in [-0.39, 0.29) is 5.38 Å². The molecule has 0 radical (unpaired) electrons. The molecule has 100 valence electrons. The van der Waals surface area contributed by atoms with E-state index in [9.17, 15) is 0 Å². The molecule has 1 unspecified atom stereocenters. The Balaban J connectivity index is 2.15. The Bertz CT molecular complexity index is 575. The standard InChI is InChI=1S/C14H14Cl2N2O/c1-9-3-4-10(5-12(9)15)13(16)6-11-7-14(19-2)18-8-17-11/h3-5,7-8,13H,6H2,1-2H3. The van der Waals surface area contributed by atoms with Crippen LogP contribution in [0.5, 0.6) is 5.88 Å². The van der Waals surface area contributed by atoms with Crippen LogP contribution in [0.4, 0.5) is 0 Å². The topological polar surface area (TPSA) is 35.0 Å². The van der Waals surface area contributed by atoms with E-state index in [2.05, 4.69) is 9.97 Å². The number of hydrogen-bond donors (Lipinski definition) is 0. The first kappa shape index (κ1) is 14.1. The molecular formula is C14H14Cl2N2O. The van der Waals surface area contributed by atoms with Crippen molar-refractivity contribution in [1.29, 1.82) is 0 Å². The lowest BCUT2D eigenvalue weighted by molar-refractivity contribution is 0.396. The molecule has 0 spiro atoms. The Hall–Kier alpha value is -1.32. The molecule has 0 aliphatic rings. The molecule has 0 N–H and O–H groups in total. The van der Waals surface area contributed by atoms with Gasteiger partial charge in [-0.1, -0.05) is 23.7 Å². The highest BCUT2D eigenvalue weighted by molar-refractivity contribution is 6.31. The second-order valence-corrected chi connectivity index (χ2v) is 5.17. The van der Waals surface area contributed by atoms with Gasteiger partial charge in [-0.15, -0.1) is 11.6 Å². The molecule has 5 heteroatoms. The van der Waals surface area contributed by atoms with Gasteiger partial charge >= 0.3 is 0 Å². The molecule has 1 aromatic heterocycles. The van der Waals surface area contributed by atoms with Crippen LogP contribution in [0.3, 0.4) is 0 Å². The third kappa shape index (κ3) is 3.58. The van der Waals surface area contributed by atoms with Crippen LogP contribution in [0.2, 0.25) is 5.02 Å². The molecule has 19 heavy (non-hydrogen) atoms. The number of rotatable bonds is 4. The normalized spacial score (nSPS) is 12.2. The maximum absolute atomic E-state index is 6.40. The number of benzene rings is 1.